The monoisotopic (exact) mass is 264 g/mol. The second-order valence-corrected chi connectivity index (χ2v) is 5.25. The van der Waals surface area contributed by atoms with Crippen molar-refractivity contribution in [2.45, 2.75) is 13.0 Å². The van der Waals surface area contributed by atoms with Gasteiger partial charge in [-0.15, -0.1) is 11.3 Å². The quantitative estimate of drug-likeness (QED) is 0.832. The second kappa shape index (κ2) is 5.37. The first-order chi connectivity index (χ1) is 8.60. The molecule has 0 saturated heterocycles. The molecule has 0 bridgehead atoms. The summed E-state index contributed by atoms with van der Waals surface area (Å²) < 4.78 is 6.15. The lowest BCUT2D eigenvalue weighted by Crippen LogP contribution is -2.30. The summed E-state index contributed by atoms with van der Waals surface area (Å²) in [5, 5.41) is 3.85. The van der Waals surface area contributed by atoms with Gasteiger partial charge < -0.3 is 15.8 Å². The molecule has 0 aliphatic carbocycles. The average Bonchev–Trinajstić information content (AvgIpc) is 2.78. The first-order valence-electron chi connectivity index (χ1n) is 5.70. The molecule has 0 radical (unpaired) electrons. The maximum absolute atomic E-state index is 11.9. The molecule has 3 N–H and O–H groups in total. The molecule has 0 aliphatic heterocycles. The number of nitrogens with one attached hydrogen (secondary N) is 1. The minimum absolute atomic E-state index is 0.0129. The molecule has 0 spiro atoms. The van der Waals surface area contributed by atoms with Gasteiger partial charge in [-0.25, -0.2) is 0 Å². The first kappa shape index (κ1) is 12.9. The summed E-state index contributed by atoms with van der Waals surface area (Å²) in [6.07, 6.45) is 0.0129. The highest BCUT2D eigenvalue weighted by atomic mass is 32.1. The van der Waals surface area contributed by atoms with E-state index < -0.39 is 0 Å². The van der Waals surface area contributed by atoms with Gasteiger partial charge in [-0.05, 0) is 36.6 Å². The fourth-order valence-electron chi connectivity index (χ4n) is 1.58. The van der Waals surface area contributed by atoms with Crippen LogP contribution in [0.4, 0.5) is 5.69 Å². The van der Waals surface area contributed by atoms with Crippen molar-refractivity contribution in [2.75, 3.05) is 19.4 Å². The van der Waals surface area contributed by atoms with Gasteiger partial charge >= 0.3 is 0 Å². The van der Waals surface area contributed by atoms with Crippen LogP contribution in [0.5, 0.6) is 0 Å². The Kier molecular flexibility index (Phi) is 3.84. The highest BCUT2D eigenvalue weighted by Crippen LogP contribution is 2.27. The summed E-state index contributed by atoms with van der Waals surface area (Å²) in [6, 6.07) is 7.51. The Morgan fingerprint density at radius 3 is 3.00 bits per heavy atom. The van der Waals surface area contributed by atoms with Crippen molar-refractivity contribution in [2.24, 2.45) is 0 Å². The van der Waals surface area contributed by atoms with Crippen molar-refractivity contribution in [3.63, 3.8) is 0 Å². The lowest BCUT2D eigenvalue weighted by molar-refractivity contribution is 0.0874. The van der Waals surface area contributed by atoms with E-state index in [0.29, 0.717) is 17.1 Å². The number of carbonyl (C=O) groups is 1. The second-order valence-electron chi connectivity index (χ2n) is 4.16. The smallest absolute Gasteiger partial charge is 0.261 e. The highest BCUT2D eigenvalue weighted by Gasteiger charge is 2.11. The average molecular weight is 264 g/mol. The van der Waals surface area contributed by atoms with Crippen molar-refractivity contribution in [1.29, 1.82) is 0 Å². The molecule has 18 heavy (non-hydrogen) atoms. The van der Waals surface area contributed by atoms with Gasteiger partial charge in [0.2, 0.25) is 0 Å². The van der Waals surface area contributed by atoms with Gasteiger partial charge in [-0.1, -0.05) is 0 Å². The third-order valence-electron chi connectivity index (χ3n) is 2.72. The van der Waals surface area contributed by atoms with Gasteiger partial charge in [0.25, 0.3) is 5.91 Å². The zero-order valence-corrected chi connectivity index (χ0v) is 11.2. The van der Waals surface area contributed by atoms with Crippen LogP contribution in [-0.4, -0.2) is 25.7 Å². The van der Waals surface area contributed by atoms with Gasteiger partial charge in [0.15, 0.2) is 0 Å². The number of methoxy groups -OCH3 is 1. The molecule has 0 aliphatic rings. The van der Waals surface area contributed by atoms with E-state index in [2.05, 4.69) is 5.32 Å². The molecule has 2 aromatic rings. The lowest BCUT2D eigenvalue weighted by atomic mass is 10.2. The van der Waals surface area contributed by atoms with Crippen LogP contribution in [0.1, 0.15) is 16.6 Å². The van der Waals surface area contributed by atoms with Crippen molar-refractivity contribution >= 4 is 33.0 Å². The summed E-state index contributed by atoms with van der Waals surface area (Å²) in [7, 11) is 1.62. The summed E-state index contributed by atoms with van der Waals surface area (Å²) in [4.78, 5) is 12.6. The van der Waals surface area contributed by atoms with E-state index in [1.807, 2.05) is 31.2 Å². The molecule has 4 nitrogen and oxygen atoms in total. The predicted octanol–water partition coefficient (Wildman–Crippen LogP) is 2.25. The molecule has 0 saturated carbocycles. The summed E-state index contributed by atoms with van der Waals surface area (Å²) >= 11 is 1.46. The largest absolute Gasteiger partial charge is 0.399 e. The molecule has 1 atom stereocenters. The summed E-state index contributed by atoms with van der Waals surface area (Å²) in [5.41, 5.74) is 6.42. The maximum atomic E-state index is 11.9. The third-order valence-corrected chi connectivity index (χ3v) is 3.83. The SMILES string of the molecule is COC(C)CNC(=O)c1cc2cc(N)ccc2s1. The number of nitrogens with two attached hydrogens (primary N) is 1. The van der Waals surface area contributed by atoms with Crippen molar-refractivity contribution in [3.05, 3.63) is 29.1 Å². The van der Waals surface area contributed by atoms with E-state index in [-0.39, 0.29) is 12.0 Å². The number of amides is 1. The maximum Gasteiger partial charge on any atom is 0.261 e. The van der Waals surface area contributed by atoms with E-state index >= 15 is 0 Å². The van der Waals surface area contributed by atoms with Crippen molar-refractivity contribution < 1.29 is 9.53 Å². The molecular weight excluding hydrogens is 248 g/mol. The summed E-state index contributed by atoms with van der Waals surface area (Å²) in [5.74, 6) is -0.0707. The zero-order chi connectivity index (χ0) is 13.1. The van der Waals surface area contributed by atoms with Crippen LogP contribution in [0, 0.1) is 0 Å². The minimum atomic E-state index is -0.0707. The molecule has 2 rings (SSSR count). The number of rotatable bonds is 4. The highest BCUT2D eigenvalue weighted by molar-refractivity contribution is 7.20. The third kappa shape index (κ3) is 2.80. The Morgan fingerprint density at radius 1 is 1.50 bits per heavy atom. The van der Waals surface area contributed by atoms with Gasteiger partial charge in [0.1, 0.15) is 0 Å². The van der Waals surface area contributed by atoms with Gasteiger partial charge in [0.05, 0.1) is 11.0 Å². The van der Waals surface area contributed by atoms with Crippen LogP contribution in [0.3, 0.4) is 0 Å². The minimum Gasteiger partial charge on any atom is -0.399 e. The van der Waals surface area contributed by atoms with Crippen molar-refractivity contribution in [1.82, 2.24) is 5.32 Å². The number of benzene rings is 1. The number of nitrogen functional groups attached to an aromatic ring is 1. The molecule has 5 heteroatoms. The predicted molar refractivity (Wildman–Crippen MR) is 75.0 cm³/mol. The van der Waals surface area contributed by atoms with Crippen LogP contribution in [0.15, 0.2) is 24.3 Å². The number of fused-ring (bicyclic) bond motifs is 1. The van der Waals surface area contributed by atoms with Crippen LogP contribution in [0.25, 0.3) is 10.1 Å². The van der Waals surface area contributed by atoms with Crippen LogP contribution in [0.2, 0.25) is 0 Å². The molecule has 1 heterocycles. The molecule has 1 amide bonds. The Hall–Kier alpha value is -1.59. The standard InChI is InChI=1S/C13H16N2O2S/c1-8(17-2)7-15-13(16)12-6-9-5-10(14)3-4-11(9)18-12/h3-6,8H,7,14H2,1-2H3,(H,15,16). The van der Waals surface area contributed by atoms with Gasteiger partial charge in [0, 0.05) is 24.0 Å². The van der Waals surface area contributed by atoms with Crippen LogP contribution >= 0.6 is 11.3 Å². The number of hydrogen-bond donors (Lipinski definition) is 2. The first-order valence-corrected chi connectivity index (χ1v) is 6.52. The number of ether oxygens (including phenoxy) is 1. The Morgan fingerprint density at radius 2 is 2.28 bits per heavy atom. The molecule has 96 valence electrons. The van der Waals surface area contributed by atoms with Gasteiger partial charge in [-0.2, -0.15) is 0 Å². The molecular formula is C13H16N2O2S. The van der Waals surface area contributed by atoms with E-state index in [4.69, 9.17) is 10.5 Å². The van der Waals surface area contributed by atoms with E-state index in [0.717, 1.165) is 10.1 Å². The molecule has 1 aromatic carbocycles. The normalized spacial score (nSPS) is 12.6. The molecule has 1 aromatic heterocycles. The fraction of sp³-hybridized carbons (Fsp3) is 0.308. The zero-order valence-electron chi connectivity index (χ0n) is 10.4. The number of carbonyl (C=O) groups excluding carboxylic acids is 1. The number of anilines is 1. The summed E-state index contributed by atoms with van der Waals surface area (Å²) in [6.45, 7) is 2.41. The Bertz CT molecular complexity index is 565. The van der Waals surface area contributed by atoms with E-state index in [9.17, 15) is 4.79 Å². The number of hydrogen-bond acceptors (Lipinski definition) is 4. The van der Waals surface area contributed by atoms with Crippen LogP contribution in [-0.2, 0) is 4.74 Å². The Balaban J connectivity index is 2.13. The van der Waals surface area contributed by atoms with E-state index in [1.54, 1.807) is 7.11 Å². The van der Waals surface area contributed by atoms with Crippen LogP contribution < -0.4 is 11.1 Å². The Labute approximate surface area is 110 Å². The number of thiophene rings is 1. The molecule has 1 unspecified atom stereocenters. The topological polar surface area (TPSA) is 64.3 Å². The fourth-order valence-corrected chi connectivity index (χ4v) is 2.54. The van der Waals surface area contributed by atoms with Crippen molar-refractivity contribution in [3.8, 4) is 0 Å². The molecule has 0 fully saturated rings. The van der Waals surface area contributed by atoms with Gasteiger partial charge in [-0.3, -0.25) is 4.79 Å². The van der Waals surface area contributed by atoms with E-state index in [1.165, 1.54) is 11.3 Å². The lowest BCUT2D eigenvalue weighted by Gasteiger charge is -2.09.